The van der Waals surface area contributed by atoms with Crippen LogP contribution < -0.4 is 10.6 Å². The lowest BCUT2D eigenvalue weighted by atomic mass is 10.0. The minimum Gasteiger partial charge on any atom is -0.347 e. The molecular weight excluding hydrogens is 437 g/mol. The molecule has 2 N–H and O–H groups in total. The molecule has 3 aromatic heterocycles. The van der Waals surface area contributed by atoms with E-state index in [2.05, 4.69) is 35.8 Å². The first-order valence-corrected chi connectivity index (χ1v) is 10.7. The summed E-state index contributed by atoms with van der Waals surface area (Å²) in [5.74, 6) is -0.302. The third-order valence-electron chi connectivity index (χ3n) is 5.22. The van der Waals surface area contributed by atoms with E-state index in [0.717, 1.165) is 0 Å². The van der Waals surface area contributed by atoms with Gasteiger partial charge in [-0.25, -0.2) is 14.4 Å². The number of amides is 1. The van der Waals surface area contributed by atoms with Crippen molar-refractivity contribution in [3.63, 3.8) is 0 Å². The number of nitrogens with one attached hydrogen (secondary N) is 2. The van der Waals surface area contributed by atoms with Crippen LogP contribution in [0.4, 0.5) is 16.0 Å². The van der Waals surface area contributed by atoms with Crippen LogP contribution in [0.3, 0.4) is 0 Å². The van der Waals surface area contributed by atoms with Gasteiger partial charge in [0.15, 0.2) is 5.82 Å². The van der Waals surface area contributed by atoms with E-state index in [4.69, 9.17) is 0 Å². The van der Waals surface area contributed by atoms with Crippen molar-refractivity contribution in [2.45, 2.75) is 39.8 Å². The van der Waals surface area contributed by atoms with Crippen LogP contribution >= 0.6 is 0 Å². The highest BCUT2D eigenvalue weighted by molar-refractivity contribution is 5.92. The first-order chi connectivity index (χ1) is 16.1. The van der Waals surface area contributed by atoms with E-state index in [1.165, 1.54) is 6.33 Å². The zero-order valence-electron chi connectivity index (χ0n) is 19.7. The molecule has 0 aliphatic heterocycles. The molecule has 4 aromatic rings. The molecule has 0 radical (unpaired) electrons. The normalized spacial score (nSPS) is 11.5. The van der Waals surface area contributed by atoms with Crippen LogP contribution in [0.5, 0.6) is 0 Å². The second kappa shape index (κ2) is 9.00. The van der Waals surface area contributed by atoms with Gasteiger partial charge in [-0.15, -0.1) is 0 Å². The molecule has 0 atom stereocenters. The van der Waals surface area contributed by atoms with Crippen LogP contribution in [0, 0.1) is 12.7 Å². The van der Waals surface area contributed by atoms with Gasteiger partial charge < -0.3 is 10.6 Å². The lowest BCUT2D eigenvalue weighted by Gasteiger charge is -2.18. The van der Waals surface area contributed by atoms with E-state index in [1.54, 1.807) is 60.1 Å². The van der Waals surface area contributed by atoms with Gasteiger partial charge in [0, 0.05) is 26.0 Å². The van der Waals surface area contributed by atoms with Crippen molar-refractivity contribution in [3.8, 4) is 11.4 Å². The van der Waals surface area contributed by atoms with Gasteiger partial charge in [0.1, 0.15) is 17.8 Å². The molecule has 4 rings (SSSR count). The zero-order valence-corrected chi connectivity index (χ0v) is 19.7. The number of aromatic nitrogens is 7. The number of anilines is 2. The summed E-state index contributed by atoms with van der Waals surface area (Å²) < 4.78 is 18.6. The predicted octanol–water partition coefficient (Wildman–Crippen LogP) is 3.34. The maximum atomic E-state index is 15.2. The Morgan fingerprint density at radius 3 is 2.65 bits per heavy atom. The van der Waals surface area contributed by atoms with Crippen molar-refractivity contribution in [3.05, 3.63) is 65.8 Å². The summed E-state index contributed by atoms with van der Waals surface area (Å²) in [5.41, 5.74) is 2.08. The number of carbonyl (C=O) groups excluding carboxylic acids is 1. The van der Waals surface area contributed by atoms with Gasteiger partial charge in [-0.3, -0.25) is 14.2 Å². The molecule has 0 aliphatic rings. The van der Waals surface area contributed by atoms with E-state index >= 15 is 4.39 Å². The molecule has 1 amide bonds. The molecule has 34 heavy (non-hydrogen) atoms. The molecule has 0 spiro atoms. The van der Waals surface area contributed by atoms with E-state index in [9.17, 15) is 4.79 Å². The molecule has 0 unspecified atom stereocenters. The molecule has 0 saturated carbocycles. The molecule has 0 fully saturated rings. The Bertz CT molecular complexity index is 1340. The van der Waals surface area contributed by atoms with Gasteiger partial charge in [-0.05, 0) is 51.0 Å². The molecule has 10 nitrogen and oxygen atoms in total. The summed E-state index contributed by atoms with van der Waals surface area (Å²) in [7, 11) is 1.80. The van der Waals surface area contributed by atoms with Crippen molar-refractivity contribution in [2.24, 2.45) is 7.05 Å². The Morgan fingerprint density at radius 1 is 1.18 bits per heavy atom. The van der Waals surface area contributed by atoms with Crippen molar-refractivity contribution in [1.29, 1.82) is 0 Å². The molecule has 0 saturated heterocycles. The topological polar surface area (TPSA) is 115 Å². The predicted molar refractivity (Wildman–Crippen MR) is 125 cm³/mol. The number of hydrogen-bond donors (Lipinski definition) is 2. The summed E-state index contributed by atoms with van der Waals surface area (Å²) in [5, 5.41) is 14.2. The average molecular weight is 464 g/mol. The lowest BCUT2D eigenvalue weighted by Crippen LogP contribution is -2.26. The highest BCUT2D eigenvalue weighted by Crippen LogP contribution is 2.25. The van der Waals surface area contributed by atoms with Gasteiger partial charge in [0.05, 0.1) is 23.0 Å². The van der Waals surface area contributed by atoms with E-state index < -0.39 is 5.82 Å². The molecule has 11 heteroatoms. The summed E-state index contributed by atoms with van der Waals surface area (Å²) >= 11 is 0. The van der Waals surface area contributed by atoms with Crippen LogP contribution in [0.25, 0.3) is 11.4 Å². The zero-order chi connectivity index (χ0) is 24.5. The van der Waals surface area contributed by atoms with Gasteiger partial charge in [-0.2, -0.15) is 15.2 Å². The van der Waals surface area contributed by atoms with Crippen molar-refractivity contribution < 1.29 is 9.18 Å². The first kappa shape index (κ1) is 23.0. The Hall–Kier alpha value is -4.15. The second-order valence-corrected chi connectivity index (χ2v) is 8.87. The average Bonchev–Trinajstić information content (AvgIpc) is 3.44. The van der Waals surface area contributed by atoms with Crippen LogP contribution in [0.1, 0.15) is 42.4 Å². The third-order valence-corrected chi connectivity index (χ3v) is 5.22. The highest BCUT2D eigenvalue weighted by atomic mass is 19.1. The fourth-order valence-electron chi connectivity index (χ4n) is 3.28. The number of aryl methyl sites for hydroxylation is 1. The molecule has 176 valence electrons. The van der Waals surface area contributed by atoms with Crippen molar-refractivity contribution in [2.75, 3.05) is 5.32 Å². The fourth-order valence-corrected chi connectivity index (χ4v) is 3.28. The molecular formula is C23H26FN9O. The summed E-state index contributed by atoms with van der Waals surface area (Å²) in [6.07, 6.45) is 6.48. The highest BCUT2D eigenvalue weighted by Gasteiger charge is 2.18. The van der Waals surface area contributed by atoms with Gasteiger partial charge in [0.2, 0.25) is 5.95 Å². The fraction of sp³-hybridized carbons (Fsp3) is 0.304. The number of halogens is 1. The molecule has 0 bridgehead atoms. The van der Waals surface area contributed by atoms with Crippen LogP contribution in [-0.2, 0) is 19.1 Å². The van der Waals surface area contributed by atoms with E-state index in [0.29, 0.717) is 22.5 Å². The lowest BCUT2D eigenvalue weighted by molar-refractivity contribution is 0.0944. The SMILES string of the molecule is Cc1c(CNC(=O)c2ccn(C(C)(C)C)n2)ccc(-c2ncnc(Nc3cnn(C)c3)n2)c1F. The number of nitrogens with zero attached hydrogens (tertiary/aromatic N) is 7. The van der Waals surface area contributed by atoms with Gasteiger partial charge >= 0.3 is 0 Å². The molecule has 3 heterocycles. The number of carbonyl (C=O) groups is 1. The van der Waals surface area contributed by atoms with E-state index in [-0.39, 0.29) is 35.3 Å². The van der Waals surface area contributed by atoms with Crippen LogP contribution in [-0.4, -0.2) is 40.4 Å². The summed E-state index contributed by atoms with van der Waals surface area (Å²) in [4.78, 5) is 25.0. The Kier molecular flexibility index (Phi) is 6.10. The quantitative estimate of drug-likeness (QED) is 0.451. The standard InChI is InChI=1S/C23H26FN9O/c1-14-15(10-25-21(34)18-8-9-33(31-18)23(2,3)4)6-7-17(19(14)24)20-26-13-27-22(30-20)29-16-11-28-32(5)12-16/h6-9,11-13H,10H2,1-5H3,(H,25,34)(H,26,27,29,30). The van der Waals surface area contributed by atoms with Crippen LogP contribution in [0.2, 0.25) is 0 Å². The largest absolute Gasteiger partial charge is 0.347 e. The maximum absolute atomic E-state index is 15.2. The monoisotopic (exact) mass is 463 g/mol. The van der Waals surface area contributed by atoms with E-state index in [1.807, 2.05) is 20.8 Å². The second-order valence-electron chi connectivity index (χ2n) is 8.87. The van der Waals surface area contributed by atoms with Gasteiger partial charge in [-0.1, -0.05) is 6.07 Å². The smallest absolute Gasteiger partial charge is 0.272 e. The molecule has 0 aliphatic carbocycles. The maximum Gasteiger partial charge on any atom is 0.272 e. The Balaban J connectivity index is 1.48. The minimum atomic E-state index is -0.456. The Labute approximate surface area is 196 Å². The van der Waals surface area contributed by atoms with Crippen molar-refractivity contribution in [1.82, 2.24) is 39.8 Å². The van der Waals surface area contributed by atoms with Crippen LogP contribution in [0.15, 0.2) is 43.1 Å². The Morgan fingerprint density at radius 2 is 1.97 bits per heavy atom. The minimum absolute atomic E-state index is 0.162. The van der Waals surface area contributed by atoms with Crippen molar-refractivity contribution >= 4 is 17.5 Å². The number of rotatable bonds is 6. The number of benzene rings is 1. The summed E-state index contributed by atoms with van der Waals surface area (Å²) in [6.45, 7) is 7.82. The van der Waals surface area contributed by atoms with Gasteiger partial charge in [0.25, 0.3) is 5.91 Å². The first-order valence-electron chi connectivity index (χ1n) is 10.7. The molecule has 1 aromatic carbocycles. The number of hydrogen-bond acceptors (Lipinski definition) is 7. The summed E-state index contributed by atoms with van der Waals surface area (Å²) in [6, 6.07) is 5.01. The third kappa shape index (κ3) is 4.92.